The highest BCUT2D eigenvalue weighted by atomic mass is 32.2. The summed E-state index contributed by atoms with van der Waals surface area (Å²) in [5.74, 6) is 0.677. The molecule has 1 amide bonds. The standard InChI is InChI=1S/C16H24N2O4S/c1-22-14-8-6-13(7-9-14)15(17-23(2,20)21)12-16(19)18-10-4-3-5-11-18/h6-9,15,17H,3-5,10-12H2,1-2H3. The Bertz CT molecular complexity index is 622. The van der Waals surface area contributed by atoms with Gasteiger partial charge in [0.25, 0.3) is 0 Å². The number of sulfonamides is 1. The molecule has 1 aliphatic heterocycles. The number of rotatable bonds is 6. The van der Waals surface area contributed by atoms with E-state index < -0.39 is 16.1 Å². The molecule has 2 rings (SSSR count). The fourth-order valence-electron chi connectivity index (χ4n) is 2.77. The van der Waals surface area contributed by atoms with Crippen LogP contribution in [-0.2, 0) is 14.8 Å². The lowest BCUT2D eigenvalue weighted by molar-refractivity contribution is -0.132. The molecule has 0 bridgehead atoms. The van der Waals surface area contributed by atoms with Crippen LogP contribution in [0, 0.1) is 0 Å². The van der Waals surface area contributed by atoms with Gasteiger partial charge >= 0.3 is 0 Å². The average molecular weight is 340 g/mol. The molecule has 1 atom stereocenters. The number of ether oxygens (including phenoxy) is 1. The van der Waals surface area contributed by atoms with Crippen molar-refractivity contribution in [2.75, 3.05) is 26.5 Å². The predicted octanol–water partition coefficient (Wildman–Crippen LogP) is 1.69. The van der Waals surface area contributed by atoms with E-state index in [0.717, 1.165) is 44.2 Å². The van der Waals surface area contributed by atoms with Gasteiger partial charge in [-0.15, -0.1) is 0 Å². The Kier molecular flexibility index (Phi) is 6.01. The number of carbonyl (C=O) groups is 1. The number of likely N-dealkylation sites (tertiary alicyclic amines) is 1. The van der Waals surface area contributed by atoms with Gasteiger partial charge in [-0.25, -0.2) is 13.1 Å². The van der Waals surface area contributed by atoms with Gasteiger partial charge in [0.2, 0.25) is 15.9 Å². The molecule has 6 nitrogen and oxygen atoms in total. The number of hydrogen-bond acceptors (Lipinski definition) is 4. The first kappa shape index (κ1) is 17.7. The maximum absolute atomic E-state index is 12.5. The molecule has 23 heavy (non-hydrogen) atoms. The maximum Gasteiger partial charge on any atom is 0.224 e. The van der Waals surface area contributed by atoms with Crippen molar-refractivity contribution in [1.82, 2.24) is 9.62 Å². The maximum atomic E-state index is 12.5. The third-order valence-corrected chi connectivity index (χ3v) is 4.67. The number of carbonyl (C=O) groups excluding carboxylic acids is 1. The third-order valence-electron chi connectivity index (χ3n) is 3.96. The molecule has 0 radical (unpaired) electrons. The average Bonchev–Trinajstić information content (AvgIpc) is 2.54. The minimum atomic E-state index is -3.42. The molecule has 0 saturated carbocycles. The van der Waals surface area contributed by atoms with E-state index in [1.165, 1.54) is 0 Å². The minimum absolute atomic E-state index is 0.0123. The molecular weight excluding hydrogens is 316 g/mol. The van der Waals surface area contributed by atoms with Gasteiger partial charge in [0.1, 0.15) is 5.75 Å². The summed E-state index contributed by atoms with van der Waals surface area (Å²) in [6.45, 7) is 1.51. The Morgan fingerprint density at radius 1 is 1.22 bits per heavy atom. The number of benzene rings is 1. The highest BCUT2D eigenvalue weighted by molar-refractivity contribution is 7.88. The Balaban J connectivity index is 2.14. The molecule has 1 heterocycles. The Morgan fingerprint density at radius 3 is 2.35 bits per heavy atom. The molecule has 1 aliphatic rings. The number of amides is 1. The summed E-state index contributed by atoms with van der Waals surface area (Å²) >= 11 is 0. The van der Waals surface area contributed by atoms with Gasteiger partial charge in [0.15, 0.2) is 0 Å². The second kappa shape index (κ2) is 7.79. The van der Waals surface area contributed by atoms with Crippen molar-refractivity contribution in [2.24, 2.45) is 0 Å². The topological polar surface area (TPSA) is 75.7 Å². The van der Waals surface area contributed by atoms with Crippen LogP contribution >= 0.6 is 0 Å². The molecular formula is C16H24N2O4S. The van der Waals surface area contributed by atoms with Crippen molar-refractivity contribution in [1.29, 1.82) is 0 Å². The Hall–Kier alpha value is -1.60. The second-order valence-corrected chi connectivity index (χ2v) is 7.64. The summed E-state index contributed by atoms with van der Waals surface area (Å²) in [6, 6.07) is 6.52. The lowest BCUT2D eigenvalue weighted by Crippen LogP contribution is -2.38. The summed E-state index contributed by atoms with van der Waals surface area (Å²) in [6.07, 6.45) is 4.40. The van der Waals surface area contributed by atoms with E-state index in [2.05, 4.69) is 4.72 Å². The van der Waals surface area contributed by atoms with Crippen molar-refractivity contribution >= 4 is 15.9 Å². The number of hydrogen-bond donors (Lipinski definition) is 1. The molecule has 1 aromatic carbocycles. The van der Waals surface area contributed by atoms with Crippen molar-refractivity contribution in [2.45, 2.75) is 31.7 Å². The van der Waals surface area contributed by atoms with Crippen molar-refractivity contribution in [3.8, 4) is 5.75 Å². The molecule has 1 fully saturated rings. The first-order chi connectivity index (χ1) is 10.9. The molecule has 0 aliphatic carbocycles. The molecule has 128 valence electrons. The highest BCUT2D eigenvalue weighted by Crippen LogP contribution is 2.23. The smallest absolute Gasteiger partial charge is 0.224 e. The van der Waals surface area contributed by atoms with E-state index in [0.29, 0.717) is 5.75 Å². The van der Waals surface area contributed by atoms with Gasteiger partial charge in [-0.05, 0) is 37.0 Å². The monoisotopic (exact) mass is 340 g/mol. The van der Waals surface area contributed by atoms with E-state index in [1.54, 1.807) is 31.4 Å². The largest absolute Gasteiger partial charge is 0.497 e. The van der Waals surface area contributed by atoms with Gasteiger partial charge in [0, 0.05) is 19.5 Å². The predicted molar refractivity (Wildman–Crippen MR) is 88.8 cm³/mol. The van der Waals surface area contributed by atoms with Crippen molar-refractivity contribution < 1.29 is 17.9 Å². The van der Waals surface area contributed by atoms with E-state index in [-0.39, 0.29) is 12.3 Å². The zero-order chi connectivity index (χ0) is 16.9. The molecule has 1 N–H and O–H groups in total. The SMILES string of the molecule is COc1ccc(C(CC(=O)N2CCCCC2)NS(C)(=O)=O)cc1. The summed E-state index contributed by atoms with van der Waals surface area (Å²) in [7, 11) is -1.84. The zero-order valence-corrected chi connectivity index (χ0v) is 14.4. The lowest BCUT2D eigenvalue weighted by atomic mass is 10.0. The fraction of sp³-hybridized carbons (Fsp3) is 0.562. The third kappa shape index (κ3) is 5.51. The summed E-state index contributed by atoms with van der Waals surface area (Å²) in [5.41, 5.74) is 0.751. The van der Waals surface area contributed by atoms with Gasteiger partial charge in [-0.2, -0.15) is 0 Å². The van der Waals surface area contributed by atoms with Gasteiger partial charge < -0.3 is 9.64 Å². The van der Waals surface area contributed by atoms with E-state index in [9.17, 15) is 13.2 Å². The minimum Gasteiger partial charge on any atom is -0.497 e. The van der Waals surface area contributed by atoms with Crippen LogP contribution in [0.2, 0.25) is 0 Å². The van der Waals surface area contributed by atoms with Crippen LogP contribution in [0.3, 0.4) is 0 Å². The quantitative estimate of drug-likeness (QED) is 0.855. The van der Waals surface area contributed by atoms with Crippen LogP contribution in [-0.4, -0.2) is 45.7 Å². The number of methoxy groups -OCH3 is 1. The summed E-state index contributed by atoms with van der Waals surface area (Å²) < 4.78 is 30.9. The Morgan fingerprint density at radius 2 is 1.83 bits per heavy atom. The van der Waals surface area contributed by atoms with E-state index >= 15 is 0 Å². The number of piperidine rings is 1. The van der Waals surface area contributed by atoms with Crippen LogP contribution in [0.1, 0.15) is 37.3 Å². The summed E-state index contributed by atoms with van der Waals surface area (Å²) in [5, 5.41) is 0. The van der Waals surface area contributed by atoms with Crippen LogP contribution in [0.15, 0.2) is 24.3 Å². The van der Waals surface area contributed by atoms with E-state index in [4.69, 9.17) is 4.74 Å². The van der Waals surface area contributed by atoms with Crippen LogP contribution < -0.4 is 9.46 Å². The molecule has 1 aromatic rings. The van der Waals surface area contributed by atoms with Crippen molar-refractivity contribution in [3.05, 3.63) is 29.8 Å². The number of nitrogens with one attached hydrogen (secondary N) is 1. The van der Waals surface area contributed by atoms with Crippen molar-refractivity contribution in [3.63, 3.8) is 0 Å². The van der Waals surface area contributed by atoms with Gasteiger partial charge in [0.05, 0.1) is 19.4 Å². The fourth-order valence-corrected chi connectivity index (χ4v) is 3.51. The molecule has 0 spiro atoms. The normalized spacial score (nSPS) is 16.9. The first-order valence-corrected chi connectivity index (χ1v) is 9.67. The molecule has 0 aromatic heterocycles. The van der Waals surface area contributed by atoms with Crippen LogP contribution in [0.5, 0.6) is 5.75 Å². The van der Waals surface area contributed by atoms with E-state index in [1.807, 2.05) is 4.90 Å². The van der Waals surface area contributed by atoms with Crippen LogP contribution in [0.25, 0.3) is 0 Å². The second-order valence-electron chi connectivity index (χ2n) is 5.86. The molecule has 1 unspecified atom stereocenters. The highest BCUT2D eigenvalue weighted by Gasteiger charge is 2.24. The Labute approximate surface area is 137 Å². The first-order valence-electron chi connectivity index (χ1n) is 7.78. The summed E-state index contributed by atoms with van der Waals surface area (Å²) in [4.78, 5) is 14.3. The zero-order valence-electron chi connectivity index (χ0n) is 13.6. The molecule has 1 saturated heterocycles. The lowest BCUT2D eigenvalue weighted by Gasteiger charge is -2.28. The molecule has 7 heteroatoms. The number of nitrogens with zero attached hydrogens (tertiary/aromatic N) is 1. The van der Waals surface area contributed by atoms with Crippen LogP contribution in [0.4, 0.5) is 0 Å². The van der Waals surface area contributed by atoms with Gasteiger partial charge in [-0.3, -0.25) is 4.79 Å². The van der Waals surface area contributed by atoms with Gasteiger partial charge in [-0.1, -0.05) is 12.1 Å².